The van der Waals surface area contributed by atoms with E-state index in [-0.39, 0.29) is 38.0 Å². The Bertz CT molecular complexity index is 1610. The quantitative estimate of drug-likeness (QED) is 0.143. The van der Waals surface area contributed by atoms with Gasteiger partial charge in [-0.2, -0.15) is 0 Å². The Hall–Kier alpha value is -4.54. The molecule has 3 N–H and O–H groups in total. The second-order valence-electron chi connectivity index (χ2n) is 12.0. The number of benzene rings is 4. The fraction of sp³-hybridized carbons (Fsp3) is 0.333. The van der Waals surface area contributed by atoms with Crippen molar-refractivity contribution in [1.29, 1.82) is 0 Å². The number of ether oxygens (including phenoxy) is 3. The van der Waals surface area contributed by atoms with Gasteiger partial charge in [0, 0.05) is 31.1 Å². The molecule has 4 aromatic carbocycles. The minimum Gasteiger partial charge on any atom is -0.465 e. The molecule has 1 fully saturated rings. The summed E-state index contributed by atoms with van der Waals surface area (Å²) in [5.74, 6) is -0.477. The van der Waals surface area contributed by atoms with E-state index in [1.807, 2.05) is 66.7 Å². The molecule has 1 saturated heterocycles. The van der Waals surface area contributed by atoms with Crippen molar-refractivity contribution in [3.05, 3.63) is 131 Å². The zero-order chi connectivity index (χ0) is 33.9. The molecule has 0 aliphatic carbocycles. The Balaban J connectivity index is 1.27. The van der Waals surface area contributed by atoms with Gasteiger partial charge in [0.1, 0.15) is 6.54 Å². The van der Waals surface area contributed by atoms with Gasteiger partial charge in [-0.25, -0.2) is 4.79 Å². The third-order valence-electron chi connectivity index (χ3n) is 8.64. The van der Waals surface area contributed by atoms with E-state index in [9.17, 15) is 14.7 Å². The van der Waals surface area contributed by atoms with Gasteiger partial charge in [-0.05, 0) is 60.3 Å². The molecule has 1 aliphatic rings. The number of nitrogens with one attached hydrogen (secondary N) is 2. The number of aliphatic hydroxyl groups is 1. The molecule has 9 heteroatoms. The predicted octanol–water partition coefficient (Wildman–Crippen LogP) is 6.45. The smallest absolute Gasteiger partial charge is 0.325 e. The molecule has 1 aliphatic heterocycles. The van der Waals surface area contributed by atoms with Gasteiger partial charge in [-0.3, -0.25) is 9.69 Å². The van der Waals surface area contributed by atoms with Gasteiger partial charge in [-0.1, -0.05) is 97.1 Å². The van der Waals surface area contributed by atoms with Crippen molar-refractivity contribution in [2.45, 2.75) is 58.0 Å². The summed E-state index contributed by atoms with van der Waals surface area (Å²) in [7, 11) is 2.13. The second kappa shape index (κ2) is 17.0. The number of hydrogen-bond donors (Lipinski definition) is 3. The summed E-state index contributed by atoms with van der Waals surface area (Å²) in [5.41, 5.74) is 7.06. The zero-order valence-corrected chi connectivity index (χ0v) is 27.8. The van der Waals surface area contributed by atoms with Crippen LogP contribution in [0.1, 0.15) is 66.5 Å². The highest BCUT2D eigenvalue weighted by Crippen LogP contribution is 2.39. The fourth-order valence-corrected chi connectivity index (χ4v) is 5.80. The number of nitrogens with zero attached hydrogens (tertiary/aromatic N) is 1. The van der Waals surface area contributed by atoms with Crippen LogP contribution in [0.2, 0.25) is 0 Å². The zero-order valence-electron chi connectivity index (χ0n) is 27.8. The maximum absolute atomic E-state index is 12.1. The van der Waals surface area contributed by atoms with Gasteiger partial charge in [0.15, 0.2) is 6.29 Å². The molecule has 5 rings (SSSR count). The van der Waals surface area contributed by atoms with Gasteiger partial charge in [0.2, 0.25) is 0 Å². The number of hydrogen-bond acceptors (Lipinski definition) is 7. The van der Waals surface area contributed by atoms with Crippen LogP contribution in [0.15, 0.2) is 103 Å². The molecule has 4 unspecified atom stereocenters. The highest BCUT2D eigenvalue weighted by Gasteiger charge is 2.33. The van der Waals surface area contributed by atoms with Crippen molar-refractivity contribution in [2.75, 3.05) is 26.7 Å². The Morgan fingerprint density at radius 3 is 2.31 bits per heavy atom. The lowest BCUT2D eigenvalue weighted by Crippen LogP contribution is -2.38. The third-order valence-corrected chi connectivity index (χ3v) is 8.64. The number of amides is 2. The second-order valence-corrected chi connectivity index (χ2v) is 12.0. The summed E-state index contributed by atoms with van der Waals surface area (Å²) >= 11 is 0. The van der Waals surface area contributed by atoms with Crippen LogP contribution in [-0.2, 0) is 32.2 Å². The minimum absolute atomic E-state index is 0.000554. The Labute approximate surface area is 282 Å². The topological polar surface area (TPSA) is 109 Å². The highest BCUT2D eigenvalue weighted by molar-refractivity contribution is 5.80. The van der Waals surface area contributed by atoms with E-state index in [4.69, 9.17) is 14.2 Å². The summed E-state index contributed by atoms with van der Waals surface area (Å²) in [5, 5.41) is 14.8. The van der Waals surface area contributed by atoms with Crippen LogP contribution < -0.4 is 10.6 Å². The van der Waals surface area contributed by atoms with E-state index >= 15 is 0 Å². The molecule has 252 valence electrons. The molecule has 4 atom stereocenters. The third kappa shape index (κ3) is 9.51. The SMILES string of the molecule is CCOC(=O)CNC(=O)NCc1cccc(-c2ccc(C3OC(CN(C)C(C)c4ccccc4)CC(c4ccc(CO)cc4)O3)cc2)c1. The van der Waals surface area contributed by atoms with Gasteiger partial charge >= 0.3 is 12.0 Å². The van der Waals surface area contributed by atoms with Crippen molar-refractivity contribution in [1.82, 2.24) is 15.5 Å². The van der Waals surface area contributed by atoms with Gasteiger partial charge in [0.25, 0.3) is 0 Å². The number of likely N-dealkylation sites (N-methyl/N-ethyl adjacent to an activating group) is 1. The Morgan fingerprint density at radius 2 is 1.60 bits per heavy atom. The lowest BCUT2D eigenvalue weighted by molar-refractivity contribution is -0.253. The average molecular weight is 652 g/mol. The maximum atomic E-state index is 12.1. The van der Waals surface area contributed by atoms with E-state index in [1.54, 1.807) is 6.92 Å². The molecule has 9 nitrogen and oxygen atoms in total. The molecular weight excluding hydrogens is 606 g/mol. The lowest BCUT2D eigenvalue weighted by Gasteiger charge is -2.39. The average Bonchev–Trinajstić information content (AvgIpc) is 3.13. The molecule has 2 amide bonds. The van der Waals surface area contributed by atoms with Crippen LogP contribution in [0.25, 0.3) is 11.1 Å². The summed E-state index contributed by atoms with van der Waals surface area (Å²) < 4.78 is 18.0. The van der Waals surface area contributed by atoms with Crippen molar-refractivity contribution in [3.8, 4) is 11.1 Å². The van der Waals surface area contributed by atoms with Crippen molar-refractivity contribution < 1.29 is 28.9 Å². The van der Waals surface area contributed by atoms with Gasteiger partial charge < -0.3 is 30.0 Å². The summed E-state index contributed by atoms with van der Waals surface area (Å²) in [6, 6.07) is 34.3. The van der Waals surface area contributed by atoms with Crippen LogP contribution in [0.5, 0.6) is 0 Å². The Kier molecular flexibility index (Phi) is 12.3. The first kappa shape index (κ1) is 34.8. The van der Waals surface area contributed by atoms with Gasteiger partial charge in [0.05, 0.1) is 25.4 Å². The lowest BCUT2D eigenvalue weighted by atomic mass is 9.98. The standard InChI is InChI=1S/C39H45N3O6/c1-4-46-37(44)24-41-39(45)40-23-29-9-8-12-34(21-29)31-17-19-33(20-18-31)38-47-35(25-42(3)27(2)30-10-6-5-7-11-30)22-36(48-38)32-15-13-28(26-43)14-16-32/h5-21,27,35-36,38,43H,4,22-26H2,1-3H3,(H2,40,41,45). The summed E-state index contributed by atoms with van der Waals surface area (Å²) in [6.07, 6.45) is -0.0777. The van der Waals surface area contributed by atoms with Crippen LogP contribution in [-0.4, -0.2) is 54.9 Å². The van der Waals surface area contributed by atoms with Crippen LogP contribution in [0, 0.1) is 0 Å². The Morgan fingerprint density at radius 1 is 0.875 bits per heavy atom. The van der Waals surface area contributed by atoms with Crippen LogP contribution in [0.3, 0.4) is 0 Å². The van der Waals surface area contributed by atoms with Crippen LogP contribution >= 0.6 is 0 Å². The van der Waals surface area contributed by atoms with E-state index in [2.05, 4.69) is 65.9 Å². The molecule has 0 aromatic heterocycles. The first-order valence-electron chi connectivity index (χ1n) is 16.4. The van der Waals surface area contributed by atoms with E-state index in [0.717, 1.165) is 39.9 Å². The van der Waals surface area contributed by atoms with E-state index in [1.165, 1.54) is 5.56 Å². The van der Waals surface area contributed by atoms with E-state index in [0.29, 0.717) is 13.0 Å². The molecule has 0 spiro atoms. The maximum Gasteiger partial charge on any atom is 0.325 e. The molecule has 0 radical (unpaired) electrons. The number of urea groups is 1. The largest absolute Gasteiger partial charge is 0.465 e. The minimum atomic E-state index is -0.551. The van der Waals surface area contributed by atoms with Crippen molar-refractivity contribution in [2.24, 2.45) is 0 Å². The molecular formula is C39H45N3O6. The molecule has 4 aromatic rings. The molecule has 48 heavy (non-hydrogen) atoms. The fourth-order valence-electron chi connectivity index (χ4n) is 5.80. The molecule has 1 heterocycles. The monoisotopic (exact) mass is 651 g/mol. The van der Waals surface area contributed by atoms with Crippen molar-refractivity contribution in [3.63, 3.8) is 0 Å². The molecule has 0 saturated carbocycles. The van der Waals surface area contributed by atoms with Crippen LogP contribution in [0.4, 0.5) is 4.79 Å². The number of carbonyl (C=O) groups excluding carboxylic acids is 2. The summed E-state index contributed by atoms with van der Waals surface area (Å²) in [4.78, 5) is 25.9. The number of carbonyl (C=O) groups is 2. The van der Waals surface area contributed by atoms with Crippen molar-refractivity contribution >= 4 is 12.0 Å². The normalized spacial score (nSPS) is 18.2. The number of aliphatic hydroxyl groups excluding tert-OH is 1. The predicted molar refractivity (Wildman–Crippen MR) is 185 cm³/mol. The number of esters is 1. The number of rotatable bonds is 13. The summed E-state index contributed by atoms with van der Waals surface area (Å²) in [6.45, 7) is 5.06. The highest BCUT2D eigenvalue weighted by atomic mass is 16.7. The van der Waals surface area contributed by atoms with E-state index < -0.39 is 18.3 Å². The first-order chi connectivity index (χ1) is 23.3. The van der Waals surface area contributed by atoms with Gasteiger partial charge in [-0.15, -0.1) is 0 Å². The first-order valence-corrected chi connectivity index (χ1v) is 16.4. The molecule has 0 bridgehead atoms.